The SMILES string of the molecule is CCC(CC)n1ccc(COc2cc(N)ccc2C)n1. The Morgan fingerprint density at radius 3 is 2.70 bits per heavy atom. The van der Waals surface area contributed by atoms with Crippen molar-refractivity contribution in [1.29, 1.82) is 0 Å². The molecule has 0 saturated heterocycles. The van der Waals surface area contributed by atoms with E-state index in [0.29, 0.717) is 18.3 Å². The number of nitrogen functional groups attached to an aromatic ring is 1. The van der Waals surface area contributed by atoms with Crippen LogP contribution < -0.4 is 10.5 Å². The van der Waals surface area contributed by atoms with E-state index in [-0.39, 0.29) is 0 Å². The van der Waals surface area contributed by atoms with Crippen molar-refractivity contribution in [2.75, 3.05) is 5.73 Å². The van der Waals surface area contributed by atoms with E-state index in [1.54, 1.807) is 0 Å². The van der Waals surface area contributed by atoms with Crippen LogP contribution in [0.2, 0.25) is 0 Å². The first kappa shape index (κ1) is 14.4. The van der Waals surface area contributed by atoms with E-state index in [1.807, 2.05) is 42.1 Å². The maximum absolute atomic E-state index is 5.81. The number of hydrogen-bond acceptors (Lipinski definition) is 3. The molecule has 0 aliphatic carbocycles. The van der Waals surface area contributed by atoms with Crippen molar-refractivity contribution >= 4 is 5.69 Å². The first-order valence-corrected chi connectivity index (χ1v) is 7.17. The van der Waals surface area contributed by atoms with Crippen LogP contribution in [-0.4, -0.2) is 9.78 Å². The van der Waals surface area contributed by atoms with Crippen molar-refractivity contribution in [1.82, 2.24) is 9.78 Å². The summed E-state index contributed by atoms with van der Waals surface area (Å²) in [4.78, 5) is 0. The molecular weight excluding hydrogens is 250 g/mol. The van der Waals surface area contributed by atoms with Gasteiger partial charge in [-0.2, -0.15) is 5.10 Å². The molecule has 0 amide bonds. The highest BCUT2D eigenvalue weighted by Crippen LogP contribution is 2.22. The van der Waals surface area contributed by atoms with E-state index in [1.165, 1.54) is 0 Å². The summed E-state index contributed by atoms with van der Waals surface area (Å²) in [6.07, 6.45) is 4.21. The Hall–Kier alpha value is -1.97. The number of aromatic nitrogens is 2. The monoisotopic (exact) mass is 273 g/mol. The smallest absolute Gasteiger partial charge is 0.132 e. The topological polar surface area (TPSA) is 53.1 Å². The van der Waals surface area contributed by atoms with Gasteiger partial charge in [-0.15, -0.1) is 0 Å². The molecule has 0 aliphatic heterocycles. The molecule has 0 atom stereocenters. The molecule has 0 fully saturated rings. The lowest BCUT2D eigenvalue weighted by Gasteiger charge is -2.12. The minimum Gasteiger partial charge on any atom is -0.487 e. The Morgan fingerprint density at radius 1 is 1.25 bits per heavy atom. The van der Waals surface area contributed by atoms with Gasteiger partial charge < -0.3 is 10.5 Å². The number of nitrogens with two attached hydrogens (primary N) is 1. The first-order chi connectivity index (χ1) is 9.63. The zero-order valence-electron chi connectivity index (χ0n) is 12.5. The van der Waals surface area contributed by atoms with E-state index in [9.17, 15) is 0 Å². The van der Waals surface area contributed by atoms with Crippen LogP contribution in [0.3, 0.4) is 0 Å². The molecule has 108 valence electrons. The second kappa shape index (κ2) is 6.46. The lowest BCUT2D eigenvalue weighted by molar-refractivity contribution is 0.295. The van der Waals surface area contributed by atoms with Crippen LogP contribution >= 0.6 is 0 Å². The third kappa shape index (κ3) is 3.32. The predicted octanol–water partition coefficient (Wildman–Crippen LogP) is 3.71. The fourth-order valence-corrected chi connectivity index (χ4v) is 2.24. The Balaban J connectivity index is 2.02. The summed E-state index contributed by atoms with van der Waals surface area (Å²) in [6.45, 7) is 6.85. The molecule has 4 heteroatoms. The van der Waals surface area contributed by atoms with Crippen LogP contribution in [0.15, 0.2) is 30.5 Å². The number of aryl methyl sites for hydroxylation is 1. The number of rotatable bonds is 6. The summed E-state index contributed by atoms with van der Waals surface area (Å²) in [5.41, 5.74) is 8.52. The first-order valence-electron chi connectivity index (χ1n) is 7.17. The van der Waals surface area contributed by atoms with Crippen molar-refractivity contribution in [2.45, 2.75) is 46.3 Å². The van der Waals surface area contributed by atoms with E-state index in [0.717, 1.165) is 29.8 Å². The fraction of sp³-hybridized carbons (Fsp3) is 0.438. The molecule has 0 aliphatic rings. The lowest BCUT2D eigenvalue weighted by atomic mass is 10.2. The Morgan fingerprint density at radius 2 is 2.00 bits per heavy atom. The number of benzene rings is 1. The van der Waals surface area contributed by atoms with E-state index in [2.05, 4.69) is 18.9 Å². The van der Waals surface area contributed by atoms with Gasteiger partial charge in [-0.25, -0.2) is 0 Å². The van der Waals surface area contributed by atoms with Crippen molar-refractivity contribution in [2.24, 2.45) is 0 Å². The van der Waals surface area contributed by atoms with Gasteiger partial charge in [-0.05, 0) is 37.5 Å². The molecule has 2 rings (SSSR count). The van der Waals surface area contributed by atoms with Gasteiger partial charge in [-0.3, -0.25) is 4.68 Å². The number of nitrogens with zero attached hydrogens (tertiary/aromatic N) is 2. The Kier molecular flexibility index (Phi) is 4.66. The average Bonchev–Trinajstić information content (AvgIpc) is 2.90. The third-order valence-corrected chi connectivity index (χ3v) is 3.57. The number of hydrogen-bond donors (Lipinski definition) is 1. The van der Waals surface area contributed by atoms with Crippen LogP contribution in [-0.2, 0) is 6.61 Å². The van der Waals surface area contributed by atoms with E-state index >= 15 is 0 Å². The maximum atomic E-state index is 5.81. The third-order valence-electron chi connectivity index (χ3n) is 3.57. The van der Waals surface area contributed by atoms with Gasteiger partial charge in [0.25, 0.3) is 0 Å². The minimum atomic E-state index is 0.470. The summed E-state index contributed by atoms with van der Waals surface area (Å²) < 4.78 is 7.84. The van der Waals surface area contributed by atoms with Gasteiger partial charge >= 0.3 is 0 Å². The van der Waals surface area contributed by atoms with Gasteiger partial charge in [0.2, 0.25) is 0 Å². The van der Waals surface area contributed by atoms with Crippen LogP contribution in [0, 0.1) is 6.92 Å². The molecule has 0 unspecified atom stereocenters. The molecule has 1 heterocycles. The van der Waals surface area contributed by atoms with Crippen molar-refractivity contribution in [3.8, 4) is 5.75 Å². The highest BCUT2D eigenvalue weighted by Gasteiger charge is 2.08. The Labute approximate surface area is 120 Å². The summed E-state index contributed by atoms with van der Waals surface area (Å²) in [5.74, 6) is 0.821. The average molecular weight is 273 g/mol. The zero-order chi connectivity index (χ0) is 14.5. The lowest BCUT2D eigenvalue weighted by Crippen LogP contribution is -2.08. The molecular formula is C16H23N3O. The summed E-state index contributed by atoms with van der Waals surface area (Å²) in [6, 6.07) is 8.18. The maximum Gasteiger partial charge on any atom is 0.132 e. The van der Waals surface area contributed by atoms with Crippen LogP contribution in [0.4, 0.5) is 5.69 Å². The molecule has 0 saturated carbocycles. The van der Waals surface area contributed by atoms with E-state index < -0.39 is 0 Å². The predicted molar refractivity (Wildman–Crippen MR) is 81.8 cm³/mol. The highest BCUT2D eigenvalue weighted by atomic mass is 16.5. The Bertz CT molecular complexity index is 559. The summed E-state index contributed by atoms with van der Waals surface area (Å²) in [7, 11) is 0. The van der Waals surface area contributed by atoms with Crippen LogP contribution in [0.25, 0.3) is 0 Å². The highest BCUT2D eigenvalue weighted by molar-refractivity contribution is 5.47. The van der Waals surface area contributed by atoms with Crippen molar-refractivity contribution in [3.63, 3.8) is 0 Å². The molecule has 0 bridgehead atoms. The summed E-state index contributed by atoms with van der Waals surface area (Å²) >= 11 is 0. The zero-order valence-corrected chi connectivity index (χ0v) is 12.5. The standard InChI is InChI=1S/C16H23N3O/c1-4-15(5-2)19-9-8-14(18-19)11-20-16-10-13(17)7-6-12(16)3/h6-10,15H,4-5,11,17H2,1-3H3. The molecule has 0 radical (unpaired) electrons. The molecule has 1 aromatic carbocycles. The quantitative estimate of drug-likeness (QED) is 0.816. The second-order valence-electron chi connectivity index (χ2n) is 5.07. The van der Waals surface area contributed by atoms with E-state index in [4.69, 9.17) is 10.5 Å². The molecule has 4 nitrogen and oxygen atoms in total. The molecule has 2 aromatic rings. The largest absolute Gasteiger partial charge is 0.487 e. The van der Waals surface area contributed by atoms with Gasteiger partial charge in [-0.1, -0.05) is 19.9 Å². The normalized spacial score (nSPS) is 11.0. The van der Waals surface area contributed by atoms with Crippen LogP contribution in [0.1, 0.15) is 44.0 Å². The molecule has 1 aromatic heterocycles. The van der Waals surface area contributed by atoms with Gasteiger partial charge in [0, 0.05) is 18.0 Å². The second-order valence-corrected chi connectivity index (χ2v) is 5.07. The summed E-state index contributed by atoms with van der Waals surface area (Å²) in [5, 5.41) is 4.58. The minimum absolute atomic E-state index is 0.470. The van der Waals surface area contributed by atoms with Crippen LogP contribution in [0.5, 0.6) is 5.75 Å². The van der Waals surface area contributed by atoms with Crippen molar-refractivity contribution < 1.29 is 4.74 Å². The van der Waals surface area contributed by atoms with Gasteiger partial charge in [0.1, 0.15) is 12.4 Å². The molecule has 0 spiro atoms. The molecule has 20 heavy (non-hydrogen) atoms. The van der Waals surface area contributed by atoms with Crippen molar-refractivity contribution in [3.05, 3.63) is 41.7 Å². The van der Waals surface area contributed by atoms with Gasteiger partial charge in [0.15, 0.2) is 0 Å². The van der Waals surface area contributed by atoms with Gasteiger partial charge in [0.05, 0.1) is 11.7 Å². The number of anilines is 1. The molecule has 2 N–H and O–H groups in total. The fourth-order valence-electron chi connectivity index (χ4n) is 2.24. The number of ether oxygens (including phenoxy) is 1.